The number of benzene rings is 1. The second kappa shape index (κ2) is 3.23. The molecule has 1 N–H and O–H groups in total. The number of rotatable bonds is 1. The number of pyridine rings is 1. The van der Waals surface area contributed by atoms with Crippen molar-refractivity contribution in [1.82, 2.24) is 4.98 Å². The van der Waals surface area contributed by atoms with Gasteiger partial charge in [0.05, 0.1) is 11.9 Å². The fourth-order valence-corrected chi connectivity index (χ4v) is 1.23. The second-order valence-corrected chi connectivity index (χ2v) is 2.70. The molecule has 0 atom stereocenters. The standard InChI is InChI=1S/C10H8N2O/c13-12-7-10-5-8-3-1-2-4-9(8)6-11-10/h1-7,13H/b12-7+. The van der Waals surface area contributed by atoms with E-state index in [-0.39, 0.29) is 0 Å². The Morgan fingerprint density at radius 2 is 2.00 bits per heavy atom. The summed E-state index contributed by atoms with van der Waals surface area (Å²) in [5.74, 6) is 0. The van der Waals surface area contributed by atoms with Crippen LogP contribution < -0.4 is 0 Å². The number of hydrogen-bond donors (Lipinski definition) is 1. The van der Waals surface area contributed by atoms with Crippen LogP contribution in [-0.2, 0) is 0 Å². The van der Waals surface area contributed by atoms with Crippen molar-refractivity contribution in [2.24, 2.45) is 5.16 Å². The quantitative estimate of drug-likeness (QED) is 0.406. The largest absolute Gasteiger partial charge is 0.411 e. The molecule has 1 heterocycles. The Bertz CT molecular complexity index is 451. The molecule has 3 nitrogen and oxygen atoms in total. The number of nitrogens with zero attached hydrogens (tertiary/aromatic N) is 2. The number of hydrogen-bond acceptors (Lipinski definition) is 3. The Hall–Kier alpha value is -1.90. The van der Waals surface area contributed by atoms with Crippen LogP contribution in [0.15, 0.2) is 41.7 Å². The van der Waals surface area contributed by atoms with Crippen LogP contribution in [0.4, 0.5) is 0 Å². The Kier molecular flexibility index (Phi) is 1.92. The zero-order valence-corrected chi connectivity index (χ0v) is 6.88. The minimum Gasteiger partial charge on any atom is -0.411 e. The van der Waals surface area contributed by atoms with E-state index in [1.165, 1.54) is 6.21 Å². The Morgan fingerprint density at radius 1 is 1.23 bits per heavy atom. The molecule has 0 saturated carbocycles. The Labute approximate surface area is 75.3 Å². The Morgan fingerprint density at radius 3 is 2.77 bits per heavy atom. The number of oxime groups is 1. The van der Waals surface area contributed by atoms with Gasteiger partial charge in [0, 0.05) is 11.6 Å². The van der Waals surface area contributed by atoms with Crippen molar-refractivity contribution in [2.45, 2.75) is 0 Å². The van der Waals surface area contributed by atoms with Gasteiger partial charge in [-0.05, 0) is 11.5 Å². The van der Waals surface area contributed by atoms with E-state index in [0.29, 0.717) is 5.69 Å². The van der Waals surface area contributed by atoms with Gasteiger partial charge in [-0.2, -0.15) is 0 Å². The van der Waals surface area contributed by atoms with Crippen molar-refractivity contribution in [3.63, 3.8) is 0 Å². The van der Waals surface area contributed by atoms with Gasteiger partial charge in [-0.3, -0.25) is 4.98 Å². The maximum Gasteiger partial charge on any atom is 0.0918 e. The molecule has 0 aliphatic carbocycles. The van der Waals surface area contributed by atoms with Gasteiger partial charge >= 0.3 is 0 Å². The summed E-state index contributed by atoms with van der Waals surface area (Å²) < 4.78 is 0. The van der Waals surface area contributed by atoms with Crippen LogP contribution in [0.2, 0.25) is 0 Å². The van der Waals surface area contributed by atoms with Gasteiger partial charge in [0.1, 0.15) is 0 Å². The van der Waals surface area contributed by atoms with E-state index in [2.05, 4.69) is 10.1 Å². The van der Waals surface area contributed by atoms with Crippen molar-refractivity contribution in [3.05, 3.63) is 42.2 Å². The van der Waals surface area contributed by atoms with Crippen LogP contribution in [0.1, 0.15) is 5.69 Å². The van der Waals surface area contributed by atoms with Gasteiger partial charge in [-0.25, -0.2) is 0 Å². The van der Waals surface area contributed by atoms with Crippen LogP contribution in [0, 0.1) is 0 Å². The topological polar surface area (TPSA) is 45.5 Å². The van der Waals surface area contributed by atoms with E-state index in [1.807, 2.05) is 30.3 Å². The molecular weight excluding hydrogens is 164 g/mol. The highest BCUT2D eigenvalue weighted by Crippen LogP contribution is 2.12. The van der Waals surface area contributed by atoms with E-state index >= 15 is 0 Å². The summed E-state index contributed by atoms with van der Waals surface area (Å²) in [6.45, 7) is 0. The van der Waals surface area contributed by atoms with E-state index in [4.69, 9.17) is 5.21 Å². The third kappa shape index (κ3) is 1.49. The van der Waals surface area contributed by atoms with E-state index < -0.39 is 0 Å². The molecule has 2 rings (SSSR count). The van der Waals surface area contributed by atoms with E-state index in [1.54, 1.807) is 6.20 Å². The summed E-state index contributed by atoms with van der Waals surface area (Å²) in [4.78, 5) is 4.09. The van der Waals surface area contributed by atoms with Gasteiger partial charge in [0.25, 0.3) is 0 Å². The lowest BCUT2D eigenvalue weighted by molar-refractivity contribution is 0.321. The van der Waals surface area contributed by atoms with Crippen molar-refractivity contribution >= 4 is 17.0 Å². The molecule has 0 bridgehead atoms. The van der Waals surface area contributed by atoms with E-state index in [0.717, 1.165) is 10.8 Å². The lowest BCUT2D eigenvalue weighted by Crippen LogP contribution is -1.86. The first-order chi connectivity index (χ1) is 6.40. The monoisotopic (exact) mass is 172 g/mol. The first-order valence-corrected chi connectivity index (χ1v) is 3.92. The SMILES string of the molecule is O/N=C/c1cc2ccccc2cn1. The van der Waals surface area contributed by atoms with Gasteiger partial charge < -0.3 is 5.21 Å². The van der Waals surface area contributed by atoms with Crippen LogP contribution in [0.25, 0.3) is 10.8 Å². The summed E-state index contributed by atoms with van der Waals surface area (Å²) in [5, 5.41) is 13.4. The van der Waals surface area contributed by atoms with Crippen molar-refractivity contribution < 1.29 is 5.21 Å². The van der Waals surface area contributed by atoms with Crippen LogP contribution >= 0.6 is 0 Å². The molecule has 0 spiro atoms. The minimum absolute atomic E-state index is 0.654. The summed E-state index contributed by atoms with van der Waals surface area (Å²) >= 11 is 0. The summed E-state index contributed by atoms with van der Waals surface area (Å²) in [6, 6.07) is 9.77. The van der Waals surface area contributed by atoms with Crippen LogP contribution in [0.3, 0.4) is 0 Å². The van der Waals surface area contributed by atoms with Crippen LogP contribution in [-0.4, -0.2) is 16.4 Å². The Balaban J connectivity index is 2.62. The zero-order valence-electron chi connectivity index (χ0n) is 6.88. The summed E-state index contributed by atoms with van der Waals surface area (Å²) in [7, 11) is 0. The zero-order chi connectivity index (χ0) is 9.10. The highest BCUT2D eigenvalue weighted by atomic mass is 16.4. The molecule has 0 radical (unpaired) electrons. The minimum atomic E-state index is 0.654. The third-order valence-electron chi connectivity index (χ3n) is 1.84. The fraction of sp³-hybridized carbons (Fsp3) is 0. The van der Waals surface area contributed by atoms with E-state index in [9.17, 15) is 0 Å². The molecule has 1 aromatic heterocycles. The average molecular weight is 172 g/mol. The smallest absolute Gasteiger partial charge is 0.0918 e. The van der Waals surface area contributed by atoms with Gasteiger partial charge in [-0.15, -0.1) is 0 Å². The van der Waals surface area contributed by atoms with Crippen LogP contribution in [0.5, 0.6) is 0 Å². The van der Waals surface area contributed by atoms with Gasteiger partial charge in [0.2, 0.25) is 0 Å². The number of fused-ring (bicyclic) bond motifs is 1. The van der Waals surface area contributed by atoms with Gasteiger partial charge in [0.15, 0.2) is 0 Å². The first-order valence-electron chi connectivity index (χ1n) is 3.92. The number of aromatic nitrogens is 1. The average Bonchev–Trinajstić information content (AvgIpc) is 2.18. The summed E-state index contributed by atoms with van der Waals surface area (Å²) in [5.41, 5.74) is 0.654. The molecule has 13 heavy (non-hydrogen) atoms. The van der Waals surface area contributed by atoms with Gasteiger partial charge in [-0.1, -0.05) is 29.4 Å². The van der Waals surface area contributed by atoms with Crippen molar-refractivity contribution in [1.29, 1.82) is 0 Å². The molecule has 64 valence electrons. The predicted molar refractivity (Wildman–Crippen MR) is 51.1 cm³/mol. The normalized spacial score (nSPS) is 11.1. The molecule has 1 aromatic carbocycles. The highest BCUT2D eigenvalue weighted by Gasteiger charge is 1.93. The molecule has 0 saturated heterocycles. The summed E-state index contributed by atoms with van der Waals surface area (Å²) in [6.07, 6.45) is 3.07. The maximum atomic E-state index is 8.32. The van der Waals surface area contributed by atoms with Crippen molar-refractivity contribution in [3.8, 4) is 0 Å². The molecule has 0 unspecified atom stereocenters. The lowest BCUT2D eigenvalue weighted by atomic mass is 10.1. The molecule has 0 fully saturated rings. The van der Waals surface area contributed by atoms with Crippen molar-refractivity contribution in [2.75, 3.05) is 0 Å². The first kappa shape index (κ1) is 7.73. The molecule has 0 amide bonds. The second-order valence-electron chi connectivity index (χ2n) is 2.70. The third-order valence-corrected chi connectivity index (χ3v) is 1.84. The highest BCUT2D eigenvalue weighted by molar-refractivity contribution is 5.87. The lowest BCUT2D eigenvalue weighted by Gasteiger charge is -1.96. The maximum absolute atomic E-state index is 8.32. The molecule has 0 aliphatic rings. The predicted octanol–water partition coefficient (Wildman–Crippen LogP) is 2.04. The molecule has 0 aliphatic heterocycles. The fourth-order valence-electron chi connectivity index (χ4n) is 1.23. The molecule has 3 heteroatoms. The molecule has 2 aromatic rings. The molecular formula is C10H8N2O.